The number of hydrogen-bond donors (Lipinski definition) is 1. The molecule has 1 aromatic carbocycles. The normalized spacial score (nSPS) is 10.5. The van der Waals surface area contributed by atoms with Gasteiger partial charge < -0.3 is 14.6 Å². The molecule has 1 N–H and O–H groups in total. The molecule has 22 heavy (non-hydrogen) atoms. The van der Waals surface area contributed by atoms with Gasteiger partial charge in [0.15, 0.2) is 0 Å². The van der Waals surface area contributed by atoms with Crippen LogP contribution in [0.15, 0.2) is 29.6 Å². The van der Waals surface area contributed by atoms with Crippen molar-refractivity contribution >= 4 is 0 Å². The van der Waals surface area contributed by atoms with Gasteiger partial charge in [0, 0.05) is 13.0 Å². The molecule has 1 rings (SSSR count). The molecule has 0 spiro atoms. The Labute approximate surface area is 131 Å². The number of rotatable bonds is 11. The summed E-state index contributed by atoms with van der Waals surface area (Å²) in [5, 5.41) is 11.4. The predicted molar refractivity (Wildman–Crippen MR) is 87.2 cm³/mol. The molecule has 5 nitrogen and oxygen atoms in total. The highest BCUT2D eigenvalue weighted by Crippen LogP contribution is 2.26. The van der Waals surface area contributed by atoms with E-state index in [2.05, 4.69) is 23.9 Å². The van der Waals surface area contributed by atoms with Gasteiger partial charge in [-0.2, -0.15) is 0 Å². The molecule has 0 aliphatic rings. The van der Waals surface area contributed by atoms with Crippen molar-refractivity contribution in [2.45, 2.75) is 33.1 Å². The summed E-state index contributed by atoms with van der Waals surface area (Å²) in [4.78, 5) is 10.3. The van der Waals surface area contributed by atoms with Crippen molar-refractivity contribution < 1.29 is 14.6 Å². The van der Waals surface area contributed by atoms with Crippen molar-refractivity contribution in [3.8, 4) is 5.75 Å². The second-order valence-corrected chi connectivity index (χ2v) is 5.25. The molecule has 0 bridgehead atoms. The van der Waals surface area contributed by atoms with E-state index in [0.29, 0.717) is 31.9 Å². The molecule has 122 valence electrons. The molecular formula is C17H25NO4. The molecule has 0 saturated heterocycles. The molecule has 0 aliphatic carbocycles. The summed E-state index contributed by atoms with van der Waals surface area (Å²) in [5.74, 6) is 0.901. The van der Waals surface area contributed by atoms with Crippen molar-refractivity contribution in [3.63, 3.8) is 0 Å². The molecular weight excluding hydrogens is 282 g/mol. The van der Waals surface area contributed by atoms with Gasteiger partial charge >= 0.3 is 0 Å². The fourth-order valence-electron chi connectivity index (χ4n) is 2.25. The van der Waals surface area contributed by atoms with E-state index in [9.17, 15) is 4.91 Å². The topological polar surface area (TPSA) is 68.1 Å². The Morgan fingerprint density at radius 1 is 1.23 bits per heavy atom. The lowest BCUT2D eigenvalue weighted by atomic mass is 10.0. The van der Waals surface area contributed by atoms with Crippen LogP contribution in [-0.4, -0.2) is 31.5 Å². The van der Waals surface area contributed by atoms with E-state index in [-0.39, 0.29) is 6.61 Å². The summed E-state index contributed by atoms with van der Waals surface area (Å²) in [6, 6.07) is 4.14. The van der Waals surface area contributed by atoms with Crippen molar-refractivity contribution in [1.82, 2.24) is 0 Å². The fourth-order valence-corrected chi connectivity index (χ4v) is 2.25. The van der Waals surface area contributed by atoms with Crippen LogP contribution in [0.3, 0.4) is 0 Å². The highest BCUT2D eigenvalue weighted by atomic mass is 16.5. The van der Waals surface area contributed by atoms with Crippen LogP contribution in [0.1, 0.15) is 29.5 Å². The molecule has 0 atom stereocenters. The zero-order valence-corrected chi connectivity index (χ0v) is 13.4. The maximum absolute atomic E-state index is 10.3. The lowest BCUT2D eigenvalue weighted by molar-refractivity contribution is 0.0834. The number of benzene rings is 1. The average Bonchev–Trinajstić information content (AvgIpc) is 2.50. The number of ether oxygens (including phenoxy) is 2. The van der Waals surface area contributed by atoms with Crippen molar-refractivity contribution in [2.75, 3.05) is 26.4 Å². The molecule has 1 aromatic rings. The van der Waals surface area contributed by atoms with Crippen LogP contribution in [0.25, 0.3) is 0 Å². The van der Waals surface area contributed by atoms with Crippen LogP contribution < -0.4 is 4.74 Å². The Balaban J connectivity index is 2.51. The van der Waals surface area contributed by atoms with Gasteiger partial charge in [-0.15, -0.1) is 4.91 Å². The minimum Gasteiger partial charge on any atom is -0.493 e. The second kappa shape index (κ2) is 10.1. The lowest BCUT2D eigenvalue weighted by Gasteiger charge is -2.14. The number of nitrogens with zero attached hydrogens (tertiary/aromatic N) is 1. The molecule has 0 aliphatic heterocycles. The third-order valence-corrected chi connectivity index (χ3v) is 3.27. The lowest BCUT2D eigenvalue weighted by Crippen LogP contribution is -2.07. The Morgan fingerprint density at radius 3 is 2.50 bits per heavy atom. The minimum absolute atomic E-state index is 0.0482. The third-order valence-electron chi connectivity index (χ3n) is 3.27. The first-order valence-electron chi connectivity index (χ1n) is 7.51. The number of nitroso groups, excluding NO2 is 1. The Hall–Kier alpha value is -1.72. The molecule has 0 unspecified atom stereocenters. The van der Waals surface area contributed by atoms with Gasteiger partial charge in [0.1, 0.15) is 5.75 Å². The maximum Gasteiger partial charge on any atom is 0.125 e. The fraction of sp³-hybridized carbons (Fsp3) is 0.529. The van der Waals surface area contributed by atoms with Crippen LogP contribution in [0, 0.1) is 18.8 Å². The number of aliphatic hydroxyl groups is 1. The summed E-state index contributed by atoms with van der Waals surface area (Å²) in [6.45, 7) is 9.20. The van der Waals surface area contributed by atoms with Gasteiger partial charge in [-0.1, -0.05) is 18.7 Å². The first-order chi connectivity index (χ1) is 10.6. The van der Waals surface area contributed by atoms with Gasteiger partial charge in [0.05, 0.1) is 25.5 Å². The van der Waals surface area contributed by atoms with Gasteiger partial charge in [0.2, 0.25) is 0 Å². The predicted octanol–water partition coefficient (Wildman–Crippen LogP) is 3.29. The second-order valence-electron chi connectivity index (χ2n) is 5.25. The summed E-state index contributed by atoms with van der Waals surface area (Å²) in [6.07, 6.45) is 2.11. The number of aliphatic hydroxyl groups excluding tert-OH is 1. The van der Waals surface area contributed by atoms with Crippen molar-refractivity contribution in [2.24, 2.45) is 5.18 Å². The number of hydrogen-bond acceptors (Lipinski definition) is 5. The van der Waals surface area contributed by atoms with Gasteiger partial charge in [0.25, 0.3) is 0 Å². The molecule has 0 radical (unpaired) electrons. The highest BCUT2D eigenvalue weighted by molar-refractivity contribution is 5.43. The molecule has 0 saturated carbocycles. The Morgan fingerprint density at radius 2 is 1.91 bits per heavy atom. The first kappa shape index (κ1) is 18.3. The van der Waals surface area contributed by atoms with E-state index < -0.39 is 0 Å². The van der Waals surface area contributed by atoms with E-state index in [1.54, 1.807) is 0 Å². The van der Waals surface area contributed by atoms with Crippen molar-refractivity contribution in [3.05, 3.63) is 46.0 Å². The third kappa shape index (κ3) is 6.37. The zero-order valence-electron chi connectivity index (χ0n) is 13.4. The van der Waals surface area contributed by atoms with Gasteiger partial charge in [-0.25, -0.2) is 0 Å². The van der Waals surface area contributed by atoms with Crippen molar-refractivity contribution in [1.29, 1.82) is 0 Å². The van der Waals surface area contributed by atoms with E-state index in [0.717, 1.165) is 35.3 Å². The minimum atomic E-state index is 0.0482. The number of aryl methyl sites for hydroxylation is 3. The van der Waals surface area contributed by atoms with Crippen LogP contribution in [0.4, 0.5) is 0 Å². The molecule has 0 amide bonds. The van der Waals surface area contributed by atoms with Crippen LogP contribution in [0.5, 0.6) is 5.75 Å². The summed E-state index contributed by atoms with van der Waals surface area (Å²) < 4.78 is 11.0. The standard InChI is InChI=1S/C17H25NO4/c1-13-11-16(6-5-15(3)18-20)12-14(2)17(13)22-9-4-8-21-10-7-19/h11-12,19H,3-10H2,1-2H3. The van der Waals surface area contributed by atoms with Gasteiger partial charge in [-0.05, 0) is 48.6 Å². The van der Waals surface area contributed by atoms with E-state index >= 15 is 0 Å². The molecule has 0 heterocycles. The SMILES string of the molecule is C=C(CCc1cc(C)c(OCCCOCCO)c(C)c1)N=O. The molecule has 0 aromatic heterocycles. The largest absolute Gasteiger partial charge is 0.493 e. The van der Waals surface area contributed by atoms with Crippen LogP contribution in [0.2, 0.25) is 0 Å². The van der Waals surface area contributed by atoms with Crippen LogP contribution >= 0.6 is 0 Å². The monoisotopic (exact) mass is 307 g/mol. The Kier molecular flexibility index (Phi) is 8.40. The number of allylic oxidation sites excluding steroid dienone is 1. The van der Waals surface area contributed by atoms with E-state index in [4.69, 9.17) is 14.6 Å². The molecule has 0 fully saturated rings. The van der Waals surface area contributed by atoms with Gasteiger partial charge in [-0.3, -0.25) is 0 Å². The quantitative estimate of drug-likeness (QED) is 0.503. The summed E-state index contributed by atoms with van der Waals surface area (Å²) in [5.41, 5.74) is 3.68. The Bertz CT molecular complexity index is 476. The smallest absolute Gasteiger partial charge is 0.125 e. The van der Waals surface area contributed by atoms with Crippen LogP contribution in [-0.2, 0) is 11.2 Å². The average molecular weight is 307 g/mol. The maximum atomic E-state index is 10.3. The molecule has 5 heteroatoms. The summed E-state index contributed by atoms with van der Waals surface area (Å²) >= 11 is 0. The first-order valence-corrected chi connectivity index (χ1v) is 7.51. The highest BCUT2D eigenvalue weighted by Gasteiger charge is 2.07. The summed E-state index contributed by atoms with van der Waals surface area (Å²) in [7, 11) is 0. The van der Waals surface area contributed by atoms with E-state index in [1.165, 1.54) is 0 Å². The van der Waals surface area contributed by atoms with E-state index in [1.807, 2.05) is 13.8 Å². The zero-order chi connectivity index (χ0) is 16.4.